The van der Waals surface area contributed by atoms with Gasteiger partial charge in [0.1, 0.15) is 16.7 Å². The summed E-state index contributed by atoms with van der Waals surface area (Å²) in [6.07, 6.45) is 1.40. The zero-order chi connectivity index (χ0) is 23.6. The van der Waals surface area contributed by atoms with E-state index in [1.807, 2.05) is 44.2 Å². The number of hydrogen-bond donors (Lipinski definition) is 1. The number of amides is 2. The number of aliphatic hydroxyl groups excluding tert-OH is 1. The maximum absolute atomic E-state index is 13.0. The molecule has 1 N–H and O–H groups in total. The summed E-state index contributed by atoms with van der Waals surface area (Å²) in [6.45, 7) is 6.57. The molecule has 0 radical (unpaired) electrons. The third kappa shape index (κ3) is 4.31. The van der Waals surface area contributed by atoms with Crippen LogP contribution in [0.15, 0.2) is 52.5 Å². The van der Waals surface area contributed by atoms with Gasteiger partial charge in [0.25, 0.3) is 5.91 Å². The van der Waals surface area contributed by atoms with Crippen molar-refractivity contribution in [3.63, 3.8) is 0 Å². The Morgan fingerprint density at radius 1 is 1.22 bits per heavy atom. The van der Waals surface area contributed by atoms with Crippen molar-refractivity contribution in [1.82, 2.24) is 9.88 Å². The number of methoxy groups -OCH3 is 1. The van der Waals surface area contributed by atoms with Crippen molar-refractivity contribution < 1.29 is 24.2 Å². The topological polar surface area (TPSA) is 109 Å². The Morgan fingerprint density at radius 3 is 2.44 bits per heavy atom. The Morgan fingerprint density at radius 2 is 1.88 bits per heavy atom. The third-order valence-electron chi connectivity index (χ3n) is 5.43. The number of thioether (sulfide) groups is 1. The highest BCUT2D eigenvalue weighted by atomic mass is 32.2. The number of rotatable bonds is 6. The minimum Gasteiger partial charge on any atom is -0.465 e. The van der Waals surface area contributed by atoms with Gasteiger partial charge in [-0.05, 0) is 31.0 Å². The molecule has 0 bridgehead atoms. The SMILES string of the molecule is COC(=O)c1cc(C(O)Sc2ccccc2)cnc1C1=NC(C)(C(C)C)C(=O)N1C(C)=O. The standard InChI is InChI=1S/C23H25N3O5S/c1-13(2)23(4)22(30)26(14(3)27)19(25-23)18-17(20(28)31-5)11-15(12-24-18)21(29)32-16-9-7-6-8-10-16/h6-13,21,29H,1-5H3. The van der Waals surface area contributed by atoms with Gasteiger partial charge in [0.05, 0.1) is 12.7 Å². The van der Waals surface area contributed by atoms with Crippen molar-refractivity contribution in [3.05, 3.63) is 59.4 Å². The van der Waals surface area contributed by atoms with Crippen LogP contribution >= 0.6 is 11.8 Å². The van der Waals surface area contributed by atoms with Crippen molar-refractivity contribution in [2.75, 3.05) is 7.11 Å². The molecule has 2 unspecified atom stereocenters. The van der Waals surface area contributed by atoms with Crippen molar-refractivity contribution in [2.45, 2.75) is 43.6 Å². The van der Waals surface area contributed by atoms with Gasteiger partial charge in [0.15, 0.2) is 5.84 Å². The molecular formula is C23H25N3O5S. The molecule has 8 nitrogen and oxygen atoms in total. The second kappa shape index (κ2) is 9.22. The molecule has 168 valence electrons. The molecule has 1 aromatic heterocycles. The first-order valence-corrected chi connectivity index (χ1v) is 10.9. The van der Waals surface area contributed by atoms with E-state index in [1.54, 1.807) is 6.92 Å². The number of carbonyl (C=O) groups is 3. The molecule has 2 aromatic rings. The molecule has 9 heteroatoms. The van der Waals surface area contributed by atoms with E-state index in [4.69, 9.17) is 4.74 Å². The Bertz CT molecular complexity index is 1090. The maximum Gasteiger partial charge on any atom is 0.340 e. The monoisotopic (exact) mass is 455 g/mol. The summed E-state index contributed by atoms with van der Waals surface area (Å²) in [5.41, 5.74) is -1.75. The maximum atomic E-state index is 13.0. The number of aliphatic imine (C=N–C) groups is 1. The van der Waals surface area contributed by atoms with Gasteiger partial charge in [0.2, 0.25) is 5.91 Å². The highest BCUT2D eigenvalue weighted by Crippen LogP contribution is 2.35. The predicted octanol–water partition coefficient (Wildman–Crippen LogP) is 3.20. The number of esters is 1. The smallest absolute Gasteiger partial charge is 0.340 e. The molecule has 0 fully saturated rings. The molecule has 0 saturated carbocycles. The summed E-state index contributed by atoms with van der Waals surface area (Å²) < 4.78 is 4.90. The lowest BCUT2D eigenvalue weighted by Crippen LogP contribution is -2.46. The van der Waals surface area contributed by atoms with Crippen LogP contribution in [-0.4, -0.2) is 51.3 Å². The molecular weight excluding hydrogens is 430 g/mol. The minimum absolute atomic E-state index is 0.00326. The van der Waals surface area contributed by atoms with E-state index in [2.05, 4.69) is 9.98 Å². The van der Waals surface area contributed by atoms with Gasteiger partial charge in [-0.2, -0.15) is 0 Å². The molecule has 2 amide bonds. The molecule has 0 saturated heterocycles. The molecule has 0 aliphatic carbocycles. The van der Waals surface area contributed by atoms with E-state index >= 15 is 0 Å². The van der Waals surface area contributed by atoms with E-state index in [0.717, 1.165) is 9.80 Å². The highest BCUT2D eigenvalue weighted by Gasteiger charge is 2.49. The number of hydrogen-bond acceptors (Lipinski definition) is 8. The lowest BCUT2D eigenvalue weighted by atomic mass is 9.89. The summed E-state index contributed by atoms with van der Waals surface area (Å²) in [6, 6.07) is 10.7. The molecule has 32 heavy (non-hydrogen) atoms. The number of imide groups is 1. The summed E-state index contributed by atoms with van der Waals surface area (Å²) in [7, 11) is 1.22. The molecule has 0 spiro atoms. The fraction of sp³-hybridized carbons (Fsp3) is 0.348. The number of aromatic nitrogens is 1. The van der Waals surface area contributed by atoms with E-state index in [0.29, 0.717) is 5.56 Å². The zero-order valence-electron chi connectivity index (χ0n) is 18.5. The normalized spacial score (nSPS) is 19.2. The molecule has 1 aliphatic rings. The van der Waals surface area contributed by atoms with Crippen molar-refractivity contribution >= 4 is 35.4 Å². The van der Waals surface area contributed by atoms with Crippen molar-refractivity contribution in [3.8, 4) is 0 Å². The van der Waals surface area contributed by atoms with Crippen LogP contribution < -0.4 is 0 Å². The Kier molecular flexibility index (Phi) is 6.80. The summed E-state index contributed by atoms with van der Waals surface area (Å²) in [4.78, 5) is 48.6. The number of benzene rings is 1. The fourth-order valence-electron chi connectivity index (χ4n) is 3.22. The summed E-state index contributed by atoms with van der Waals surface area (Å²) in [5.74, 6) is -1.92. The van der Waals surface area contributed by atoms with Crippen LogP contribution in [0.4, 0.5) is 0 Å². The fourth-order valence-corrected chi connectivity index (χ4v) is 4.06. The van der Waals surface area contributed by atoms with Crippen molar-refractivity contribution in [2.24, 2.45) is 10.9 Å². The molecule has 2 heterocycles. The third-order valence-corrected chi connectivity index (χ3v) is 6.47. The number of amidine groups is 1. The molecule has 1 aromatic carbocycles. The molecule has 3 rings (SSSR count). The van der Waals surface area contributed by atoms with Crippen LogP contribution in [0.1, 0.15) is 54.7 Å². The Labute approximate surface area is 190 Å². The van der Waals surface area contributed by atoms with E-state index < -0.39 is 28.8 Å². The van der Waals surface area contributed by atoms with Gasteiger partial charge in [-0.15, -0.1) is 0 Å². The van der Waals surface area contributed by atoms with E-state index in [1.165, 1.54) is 38.1 Å². The van der Waals surface area contributed by atoms with E-state index in [9.17, 15) is 19.5 Å². The van der Waals surface area contributed by atoms with Gasteiger partial charge in [-0.3, -0.25) is 14.6 Å². The van der Waals surface area contributed by atoms with Crippen LogP contribution in [0, 0.1) is 5.92 Å². The van der Waals surface area contributed by atoms with Crippen LogP contribution in [-0.2, 0) is 14.3 Å². The first-order valence-electron chi connectivity index (χ1n) is 10.0. The van der Waals surface area contributed by atoms with Gasteiger partial charge in [0, 0.05) is 23.6 Å². The number of pyridine rings is 1. The van der Waals surface area contributed by atoms with Crippen LogP contribution in [0.5, 0.6) is 0 Å². The lowest BCUT2D eigenvalue weighted by molar-refractivity contribution is -0.140. The number of nitrogens with zero attached hydrogens (tertiary/aromatic N) is 3. The summed E-state index contributed by atoms with van der Waals surface area (Å²) in [5, 5.41) is 10.7. The van der Waals surface area contributed by atoms with Crippen LogP contribution in [0.2, 0.25) is 0 Å². The van der Waals surface area contributed by atoms with E-state index in [-0.39, 0.29) is 23.0 Å². The largest absolute Gasteiger partial charge is 0.465 e. The highest BCUT2D eigenvalue weighted by molar-refractivity contribution is 7.99. The molecule has 2 atom stereocenters. The Balaban J connectivity index is 2.09. The number of ether oxygens (including phenoxy) is 1. The predicted molar refractivity (Wildman–Crippen MR) is 120 cm³/mol. The zero-order valence-corrected chi connectivity index (χ0v) is 19.3. The second-order valence-corrected chi connectivity index (χ2v) is 8.99. The number of carbonyl (C=O) groups excluding carboxylic acids is 3. The van der Waals surface area contributed by atoms with Gasteiger partial charge < -0.3 is 9.84 Å². The van der Waals surface area contributed by atoms with Crippen molar-refractivity contribution in [1.29, 1.82) is 0 Å². The average Bonchev–Trinajstić information content (AvgIpc) is 3.05. The lowest BCUT2D eigenvalue weighted by Gasteiger charge is -2.24. The first-order chi connectivity index (χ1) is 15.1. The van der Waals surface area contributed by atoms with Crippen LogP contribution in [0.25, 0.3) is 0 Å². The van der Waals surface area contributed by atoms with Gasteiger partial charge in [-0.1, -0.05) is 43.8 Å². The summed E-state index contributed by atoms with van der Waals surface area (Å²) >= 11 is 1.19. The first kappa shape index (κ1) is 23.6. The average molecular weight is 456 g/mol. The quantitative estimate of drug-likeness (QED) is 0.405. The Hall–Kier alpha value is -3.04. The number of aliphatic hydroxyl groups is 1. The minimum atomic E-state index is -1.17. The second-order valence-electron chi connectivity index (χ2n) is 7.84. The van der Waals surface area contributed by atoms with Crippen LogP contribution in [0.3, 0.4) is 0 Å². The molecule has 1 aliphatic heterocycles. The van der Waals surface area contributed by atoms with Gasteiger partial charge in [-0.25, -0.2) is 14.7 Å². The van der Waals surface area contributed by atoms with Gasteiger partial charge >= 0.3 is 5.97 Å².